The number of hydrogen-bond acceptors (Lipinski definition) is 3. The Bertz CT molecular complexity index is 148. The van der Waals surface area contributed by atoms with Crippen molar-refractivity contribution in [1.82, 2.24) is 4.31 Å². The van der Waals surface area contributed by atoms with Crippen LogP contribution in [0.15, 0.2) is 0 Å². The van der Waals surface area contributed by atoms with Gasteiger partial charge in [0.15, 0.2) is 0 Å². The molecular weight excluding hydrogens is 130 g/mol. The lowest BCUT2D eigenvalue weighted by Crippen LogP contribution is -2.22. The molecule has 0 fully saturated rings. The maximum Gasteiger partial charge on any atom is 0.338 e. The molecule has 0 atom stereocenters. The Labute approximate surface area is 49.3 Å². The first-order valence-electron chi connectivity index (χ1n) is 1.81. The summed E-state index contributed by atoms with van der Waals surface area (Å²) in [6, 6.07) is 0. The van der Waals surface area contributed by atoms with Gasteiger partial charge >= 0.3 is 10.3 Å². The lowest BCUT2D eigenvalue weighted by Gasteiger charge is -2.05. The standard InChI is InChI=1S/C3H7NO3S/c1-4(2)8(5,6)7-3/h3H,1-2H3. The van der Waals surface area contributed by atoms with Gasteiger partial charge in [0.2, 0.25) is 0 Å². The summed E-state index contributed by atoms with van der Waals surface area (Å²) in [5.41, 5.74) is 0. The molecule has 0 saturated heterocycles. The topological polar surface area (TPSA) is 46.6 Å². The van der Waals surface area contributed by atoms with Gasteiger partial charge in [-0.2, -0.15) is 12.7 Å². The van der Waals surface area contributed by atoms with Gasteiger partial charge in [0.25, 0.3) is 0 Å². The Kier molecular flexibility index (Phi) is 2.39. The van der Waals surface area contributed by atoms with E-state index in [0.717, 1.165) is 4.31 Å². The lowest BCUT2D eigenvalue weighted by atomic mass is 11.3. The largest absolute Gasteiger partial charge is 0.338 e. The lowest BCUT2D eigenvalue weighted by molar-refractivity contribution is 0.383. The van der Waals surface area contributed by atoms with Gasteiger partial charge in [0, 0.05) is 14.1 Å². The smallest absolute Gasteiger partial charge is 0.249 e. The summed E-state index contributed by atoms with van der Waals surface area (Å²) in [4.78, 5) is 0. The zero-order valence-corrected chi connectivity index (χ0v) is 5.47. The zero-order chi connectivity index (χ0) is 6.78. The molecule has 0 spiro atoms. The average molecular weight is 137 g/mol. The van der Waals surface area contributed by atoms with Crippen LogP contribution in [0.2, 0.25) is 0 Å². The fraction of sp³-hybridized carbons (Fsp3) is 0.667. The van der Waals surface area contributed by atoms with Crippen LogP contribution < -0.4 is 0 Å². The summed E-state index contributed by atoms with van der Waals surface area (Å²) in [6.45, 7) is 0. The van der Waals surface area contributed by atoms with Crippen molar-refractivity contribution < 1.29 is 12.6 Å². The van der Waals surface area contributed by atoms with E-state index in [-0.39, 0.29) is 0 Å². The summed E-state index contributed by atoms with van der Waals surface area (Å²) < 4.78 is 25.0. The molecule has 5 heteroatoms. The van der Waals surface area contributed by atoms with E-state index in [0.29, 0.717) is 0 Å². The van der Waals surface area contributed by atoms with Gasteiger partial charge in [0.1, 0.15) is 7.11 Å². The van der Waals surface area contributed by atoms with Crippen LogP contribution in [0.5, 0.6) is 0 Å². The van der Waals surface area contributed by atoms with E-state index in [1.54, 1.807) is 0 Å². The van der Waals surface area contributed by atoms with Crippen LogP contribution in [0.4, 0.5) is 0 Å². The van der Waals surface area contributed by atoms with Crippen molar-refractivity contribution in [3.05, 3.63) is 7.11 Å². The van der Waals surface area contributed by atoms with Crippen molar-refractivity contribution in [2.24, 2.45) is 0 Å². The van der Waals surface area contributed by atoms with Crippen molar-refractivity contribution in [1.29, 1.82) is 0 Å². The third-order valence-electron chi connectivity index (χ3n) is 0.569. The molecule has 0 aliphatic carbocycles. The molecule has 0 aromatic heterocycles. The SMILES string of the molecule is [CH]OS(=O)(=O)N(C)C. The van der Waals surface area contributed by atoms with Crippen molar-refractivity contribution in [2.45, 2.75) is 0 Å². The molecule has 0 aliphatic rings. The predicted octanol–water partition coefficient (Wildman–Crippen LogP) is -0.522. The van der Waals surface area contributed by atoms with Crippen LogP contribution in [-0.2, 0) is 14.5 Å². The highest BCUT2D eigenvalue weighted by Crippen LogP contribution is 1.92. The highest BCUT2D eigenvalue weighted by Gasteiger charge is 2.09. The maximum atomic E-state index is 10.3. The van der Waals surface area contributed by atoms with E-state index in [1.807, 2.05) is 0 Å². The fourth-order valence-corrected chi connectivity index (χ4v) is 0.258. The third-order valence-corrected chi connectivity index (χ3v) is 1.71. The van der Waals surface area contributed by atoms with Crippen LogP contribution in [-0.4, -0.2) is 26.8 Å². The molecule has 48 valence electrons. The highest BCUT2D eigenvalue weighted by atomic mass is 32.2. The van der Waals surface area contributed by atoms with Gasteiger partial charge in [-0.15, -0.1) is 0 Å². The Hall–Kier alpha value is -0.130. The molecule has 0 aromatic carbocycles. The molecule has 2 radical (unpaired) electrons. The van der Waals surface area contributed by atoms with E-state index in [2.05, 4.69) is 11.3 Å². The van der Waals surface area contributed by atoms with E-state index in [9.17, 15) is 8.42 Å². The number of hydrogen-bond donors (Lipinski definition) is 0. The van der Waals surface area contributed by atoms with Crippen LogP contribution in [0.1, 0.15) is 0 Å². The normalized spacial score (nSPS) is 12.5. The van der Waals surface area contributed by atoms with Crippen LogP contribution >= 0.6 is 0 Å². The third kappa shape index (κ3) is 1.77. The Morgan fingerprint density at radius 2 is 1.88 bits per heavy atom. The predicted molar refractivity (Wildman–Crippen MR) is 28.0 cm³/mol. The van der Waals surface area contributed by atoms with Crippen LogP contribution in [0.25, 0.3) is 0 Å². The average Bonchev–Trinajstić information content (AvgIpc) is 1.67. The first-order valence-corrected chi connectivity index (χ1v) is 3.18. The van der Waals surface area contributed by atoms with Gasteiger partial charge in [0.05, 0.1) is 0 Å². The minimum Gasteiger partial charge on any atom is -0.249 e. The van der Waals surface area contributed by atoms with Gasteiger partial charge in [-0.25, -0.2) is 4.18 Å². The van der Waals surface area contributed by atoms with Crippen molar-refractivity contribution >= 4 is 10.3 Å². The quantitative estimate of drug-likeness (QED) is 0.514. The molecule has 0 rings (SSSR count). The molecular formula is C3H7NO3S. The molecule has 0 aliphatic heterocycles. The van der Waals surface area contributed by atoms with E-state index in [4.69, 9.17) is 0 Å². The van der Waals surface area contributed by atoms with Crippen molar-refractivity contribution in [3.63, 3.8) is 0 Å². The second-order valence-corrected chi connectivity index (χ2v) is 3.11. The first kappa shape index (κ1) is 7.87. The highest BCUT2D eigenvalue weighted by molar-refractivity contribution is 7.84. The van der Waals surface area contributed by atoms with Crippen LogP contribution in [0.3, 0.4) is 0 Å². The van der Waals surface area contributed by atoms with E-state index in [1.165, 1.54) is 14.1 Å². The van der Waals surface area contributed by atoms with Crippen molar-refractivity contribution in [2.75, 3.05) is 14.1 Å². The Morgan fingerprint density at radius 1 is 1.50 bits per heavy atom. The minimum absolute atomic E-state index is 0.868. The van der Waals surface area contributed by atoms with Crippen LogP contribution in [0, 0.1) is 7.11 Å². The maximum absolute atomic E-state index is 10.3. The molecule has 0 unspecified atom stereocenters. The van der Waals surface area contributed by atoms with E-state index < -0.39 is 10.3 Å². The fourth-order valence-electron chi connectivity index (χ4n) is 0.0861. The summed E-state index contributed by atoms with van der Waals surface area (Å²) >= 11 is 0. The van der Waals surface area contributed by atoms with Crippen molar-refractivity contribution in [3.8, 4) is 0 Å². The molecule has 0 saturated carbocycles. The van der Waals surface area contributed by atoms with E-state index >= 15 is 0 Å². The molecule has 0 amide bonds. The second kappa shape index (κ2) is 2.43. The Balaban J connectivity index is 4.17. The molecule has 0 N–H and O–H groups in total. The molecule has 0 aromatic rings. The molecule has 0 heterocycles. The summed E-state index contributed by atoms with van der Waals surface area (Å²) in [5.74, 6) is 0. The summed E-state index contributed by atoms with van der Waals surface area (Å²) in [7, 11) is 3.40. The van der Waals surface area contributed by atoms with Gasteiger partial charge in [-0.1, -0.05) is 0 Å². The number of nitrogens with zero attached hydrogens (tertiary/aromatic N) is 1. The zero-order valence-electron chi connectivity index (χ0n) is 4.66. The Morgan fingerprint density at radius 3 is 1.88 bits per heavy atom. The number of rotatable bonds is 2. The summed E-state index contributed by atoms with van der Waals surface area (Å²) in [6.07, 6.45) is 0. The van der Waals surface area contributed by atoms with Gasteiger partial charge in [-0.05, 0) is 0 Å². The minimum atomic E-state index is -3.62. The molecule has 4 nitrogen and oxygen atoms in total. The van der Waals surface area contributed by atoms with Gasteiger partial charge in [-0.3, -0.25) is 0 Å². The molecule has 8 heavy (non-hydrogen) atoms. The summed E-state index contributed by atoms with van der Waals surface area (Å²) in [5, 5.41) is 0. The monoisotopic (exact) mass is 137 g/mol. The second-order valence-electron chi connectivity index (χ2n) is 1.34. The van der Waals surface area contributed by atoms with Gasteiger partial charge < -0.3 is 0 Å². The molecule has 0 bridgehead atoms. The first-order chi connectivity index (χ1) is 3.50.